The Morgan fingerprint density at radius 1 is 1.37 bits per heavy atom. The van der Waals surface area contributed by atoms with Crippen molar-refractivity contribution < 1.29 is 18.0 Å². The van der Waals surface area contributed by atoms with Crippen molar-refractivity contribution >= 4 is 34.5 Å². The molecule has 0 bridgehead atoms. The number of alkyl halides is 3. The first-order valence-electron chi connectivity index (χ1n) is 9.78. The summed E-state index contributed by atoms with van der Waals surface area (Å²) in [7, 11) is 0. The summed E-state index contributed by atoms with van der Waals surface area (Å²) >= 11 is 7.67. The van der Waals surface area contributed by atoms with Gasteiger partial charge in [0.1, 0.15) is 5.02 Å². The number of carbonyl (C=O) groups is 1. The average Bonchev–Trinajstić information content (AvgIpc) is 3.36. The summed E-state index contributed by atoms with van der Waals surface area (Å²) in [6.45, 7) is 2.68. The van der Waals surface area contributed by atoms with Crippen LogP contribution < -0.4 is 0 Å². The number of piperidine rings is 1. The van der Waals surface area contributed by atoms with Crippen LogP contribution in [0.2, 0.25) is 5.02 Å². The Balaban J connectivity index is 1.75. The van der Waals surface area contributed by atoms with Crippen LogP contribution in [0.25, 0.3) is 16.2 Å². The molecule has 1 aliphatic rings. The molecule has 3 aromatic heterocycles. The first-order chi connectivity index (χ1) is 14.3. The molecule has 0 N–H and O–H groups in total. The molecule has 1 saturated heterocycles. The highest BCUT2D eigenvalue weighted by Crippen LogP contribution is 2.35. The zero-order valence-corrected chi connectivity index (χ0v) is 17.8. The lowest BCUT2D eigenvalue weighted by molar-refractivity contribution is -0.142. The fourth-order valence-corrected chi connectivity index (χ4v) is 4.81. The number of rotatable bonds is 4. The Morgan fingerprint density at radius 2 is 2.17 bits per heavy atom. The summed E-state index contributed by atoms with van der Waals surface area (Å²) in [5.41, 5.74) is -0.778. The van der Waals surface area contributed by atoms with Gasteiger partial charge in [-0.1, -0.05) is 24.6 Å². The largest absolute Gasteiger partial charge is 0.433 e. The second-order valence-corrected chi connectivity index (χ2v) is 8.65. The third kappa shape index (κ3) is 3.92. The SMILES string of the molecule is CCC1CCCCN1C(=O)Cc1nn2c(C(F)(F)F)cc(-c3cccs3)nc2c1Cl. The van der Waals surface area contributed by atoms with E-state index in [1.54, 1.807) is 22.4 Å². The first-order valence-corrected chi connectivity index (χ1v) is 11.0. The van der Waals surface area contributed by atoms with Crippen molar-refractivity contribution in [3.8, 4) is 10.6 Å². The van der Waals surface area contributed by atoms with Gasteiger partial charge in [0.2, 0.25) is 5.91 Å². The highest BCUT2D eigenvalue weighted by atomic mass is 35.5. The predicted octanol–water partition coefficient (Wildman–Crippen LogP) is 5.46. The number of amides is 1. The highest BCUT2D eigenvalue weighted by Gasteiger charge is 2.36. The van der Waals surface area contributed by atoms with Gasteiger partial charge >= 0.3 is 6.18 Å². The number of hydrogen-bond acceptors (Lipinski definition) is 4. The number of fused-ring (bicyclic) bond motifs is 1. The van der Waals surface area contributed by atoms with Gasteiger partial charge in [0.15, 0.2) is 11.3 Å². The minimum absolute atomic E-state index is 0.0164. The van der Waals surface area contributed by atoms with E-state index in [9.17, 15) is 18.0 Å². The third-order valence-electron chi connectivity index (χ3n) is 5.40. The number of hydrogen-bond donors (Lipinski definition) is 0. The monoisotopic (exact) mass is 456 g/mol. The lowest BCUT2D eigenvalue weighted by atomic mass is 9.99. The molecule has 30 heavy (non-hydrogen) atoms. The number of halogens is 4. The topological polar surface area (TPSA) is 50.5 Å². The van der Waals surface area contributed by atoms with Crippen LogP contribution in [0.5, 0.6) is 0 Å². The van der Waals surface area contributed by atoms with Gasteiger partial charge in [-0.05, 0) is 43.2 Å². The standard InChI is InChI=1S/C20H20ClF3N4OS/c1-2-12-6-3-4-8-27(12)17(29)11-14-18(21)19-25-13(15-7-5-9-30-15)10-16(20(22,23)24)28(19)26-14/h5,7,9-10,12H,2-4,6,8,11H2,1H3. The molecule has 0 aliphatic carbocycles. The zero-order valence-electron chi connectivity index (χ0n) is 16.2. The lowest BCUT2D eigenvalue weighted by Gasteiger charge is -2.35. The van der Waals surface area contributed by atoms with Gasteiger partial charge in [0, 0.05) is 12.6 Å². The van der Waals surface area contributed by atoms with Crippen molar-refractivity contribution in [2.24, 2.45) is 0 Å². The minimum atomic E-state index is -4.65. The van der Waals surface area contributed by atoms with Crippen molar-refractivity contribution in [3.05, 3.63) is 40.0 Å². The van der Waals surface area contributed by atoms with Crippen LogP contribution in [0.3, 0.4) is 0 Å². The van der Waals surface area contributed by atoms with Gasteiger partial charge in [-0.15, -0.1) is 11.3 Å². The van der Waals surface area contributed by atoms with E-state index in [0.717, 1.165) is 31.7 Å². The Bertz CT molecular complexity index is 1060. The number of likely N-dealkylation sites (tertiary alicyclic amines) is 1. The van der Waals surface area contributed by atoms with E-state index >= 15 is 0 Å². The fraction of sp³-hybridized carbons (Fsp3) is 0.450. The Hall–Kier alpha value is -2.13. The molecule has 1 aliphatic heterocycles. The molecule has 0 radical (unpaired) electrons. The molecule has 1 unspecified atom stereocenters. The molecule has 1 fully saturated rings. The predicted molar refractivity (Wildman–Crippen MR) is 110 cm³/mol. The van der Waals surface area contributed by atoms with Crippen LogP contribution in [0.1, 0.15) is 44.0 Å². The number of nitrogens with zero attached hydrogens (tertiary/aromatic N) is 4. The van der Waals surface area contributed by atoms with E-state index < -0.39 is 11.9 Å². The fourth-order valence-electron chi connectivity index (χ4n) is 3.90. The van der Waals surface area contributed by atoms with E-state index in [2.05, 4.69) is 10.1 Å². The molecule has 0 spiro atoms. The molecule has 10 heteroatoms. The molecule has 160 valence electrons. The second-order valence-electron chi connectivity index (χ2n) is 7.32. The van der Waals surface area contributed by atoms with E-state index in [-0.39, 0.29) is 40.4 Å². The maximum absolute atomic E-state index is 13.7. The molecular formula is C20H20ClF3N4OS. The molecule has 0 saturated carbocycles. The first kappa shape index (κ1) is 21.1. The maximum atomic E-state index is 13.7. The molecular weight excluding hydrogens is 437 g/mol. The van der Waals surface area contributed by atoms with Crippen LogP contribution in [0.4, 0.5) is 13.2 Å². The highest BCUT2D eigenvalue weighted by molar-refractivity contribution is 7.13. The summed E-state index contributed by atoms with van der Waals surface area (Å²) in [5, 5.41) is 5.79. The van der Waals surface area contributed by atoms with Crippen molar-refractivity contribution in [2.45, 2.75) is 51.2 Å². The smallest absolute Gasteiger partial charge is 0.339 e. The van der Waals surface area contributed by atoms with Crippen LogP contribution >= 0.6 is 22.9 Å². The maximum Gasteiger partial charge on any atom is 0.433 e. The summed E-state index contributed by atoms with van der Waals surface area (Å²) < 4.78 is 41.9. The zero-order chi connectivity index (χ0) is 21.5. The summed E-state index contributed by atoms with van der Waals surface area (Å²) in [4.78, 5) is 19.6. The van der Waals surface area contributed by atoms with Crippen LogP contribution in [0, 0.1) is 0 Å². The molecule has 3 aromatic rings. The summed E-state index contributed by atoms with van der Waals surface area (Å²) in [6, 6.07) is 4.55. The quantitative estimate of drug-likeness (QED) is 0.523. The normalized spacial score (nSPS) is 17.6. The minimum Gasteiger partial charge on any atom is -0.339 e. The van der Waals surface area contributed by atoms with Gasteiger partial charge < -0.3 is 4.90 Å². The van der Waals surface area contributed by atoms with Crippen molar-refractivity contribution in [1.82, 2.24) is 19.5 Å². The second kappa shape index (κ2) is 8.19. The van der Waals surface area contributed by atoms with Gasteiger partial charge in [0.25, 0.3) is 0 Å². The van der Waals surface area contributed by atoms with Gasteiger partial charge in [-0.3, -0.25) is 4.79 Å². The van der Waals surface area contributed by atoms with E-state index in [1.165, 1.54) is 11.3 Å². The molecule has 0 aromatic carbocycles. The third-order valence-corrected chi connectivity index (χ3v) is 6.68. The van der Waals surface area contributed by atoms with Crippen molar-refractivity contribution in [2.75, 3.05) is 6.54 Å². The van der Waals surface area contributed by atoms with Crippen molar-refractivity contribution in [1.29, 1.82) is 0 Å². The van der Waals surface area contributed by atoms with Gasteiger partial charge in [-0.25, -0.2) is 9.50 Å². The number of thiophene rings is 1. The van der Waals surface area contributed by atoms with E-state index in [1.807, 2.05) is 6.92 Å². The number of aromatic nitrogens is 3. The molecule has 1 amide bonds. The Kier molecular flexibility index (Phi) is 5.76. The summed E-state index contributed by atoms with van der Waals surface area (Å²) in [6.07, 6.45) is -1.03. The van der Waals surface area contributed by atoms with Gasteiger partial charge in [0.05, 0.1) is 22.7 Å². The molecule has 4 rings (SSSR count). The lowest BCUT2D eigenvalue weighted by Crippen LogP contribution is -2.44. The Labute approximate surface area is 180 Å². The summed E-state index contributed by atoms with van der Waals surface area (Å²) in [5.74, 6) is -0.168. The molecule has 1 atom stereocenters. The Morgan fingerprint density at radius 3 is 2.83 bits per heavy atom. The van der Waals surface area contributed by atoms with Crippen LogP contribution in [0.15, 0.2) is 23.6 Å². The number of carbonyl (C=O) groups excluding carboxylic acids is 1. The average molecular weight is 457 g/mol. The molecule has 4 heterocycles. The van der Waals surface area contributed by atoms with Crippen LogP contribution in [-0.4, -0.2) is 38.0 Å². The van der Waals surface area contributed by atoms with E-state index in [4.69, 9.17) is 11.6 Å². The van der Waals surface area contributed by atoms with Crippen LogP contribution in [-0.2, 0) is 17.4 Å². The van der Waals surface area contributed by atoms with E-state index in [0.29, 0.717) is 15.9 Å². The van der Waals surface area contributed by atoms with Gasteiger partial charge in [-0.2, -0.15) is 18.3 Å². The molecule has 5 nitrogen and oxygen atoms in total. The van der Waals surface area contributed by atoms with Crippen molar-refractivity contribution in [3.63, 3.8) is 0 Å².